The maximum Gasteiger partial charge on any atom is 0.260 e. The van der Waals surface area contributed by atoms with Crippen molar-refractivity contribution in [3.05, 3.63) is 78.8 Å². The van der Waals surface area contributed by atoms with Gasteiger partial charge in [-0.05, 0) is 12.1 Å². The zero-order chi connectivity index (χ0) is 17.2. The van der Waals surface area contributed by atoms with Crippen molar-refractivity contribution in [2.75, 3.05) is 11.9 Å². The van der Waals surface area contributed by atoms with Gasteiger partial charge in [0.15, 0.2) is 5.65 Å². The molecule has 0 spiro atoms. The van der Waals surface area contributed by atoms with E-state index in [9.17, 15) is 4.79 Å². The maximum absolute atomic E-state index is 12.8. The van der Waals surface area contributed by atoms with E-state index in [2.05, 4.69) is 15.1 Å². The van der Waals surface area contributed by atoms with Crippen LogP contribution in [0, 0.1) is 0 Å². The summed E-state index contributed by atoms with van der Waals surface area (Å²) in [6.07, 6.45) is 4.86. The first kappa shape index (κ1) is 15.0. The summed E-state index contributed by atoms with van der Waals surface area (Å²) < 4.78 is 1.65. The van der Waals surface area contributed by atoms with Gasteiger partial charge >= 0.3 is 0 Å². The molecule has 0 atom stereocenters. The van der Waals surface area contributed by atoms with Crippen LogP contribution in [0.1, 0.15) is 10.4 Å². The number of benzene rings is 1. The van der Waals surface area contributed by atoms with Gasteiger partial charge in [0.1, 0.15) is 5.82 Å². The standard InChI is InChI=1S/C19H15N5O/c1-23(19(25)15-8-5-10-20-13-15)18-12-16(14-6-3-2-4-7-14)22-17-9-11-21-24(17)18/h2-13H,1H3. The van der Waals surface area contributed by atoms with Crippen LogP contribution in [-0.2, 0) is 0 Å². The van der Waals surface area contributed by atoms with Crippen molar-refractivity contribution in [2.24, 2.45) is 0 Å². The Labute approximate surface area is 144 Å². The van der Waals surface area contributed by atoms with E-state index in [0.717, 1.165) is 11.3 Å². The second-order valence-electron chi connectivity index (χ2n) is 5.57. The van der Waals surface area contributed by atoms with Crippen LogP contribution in [-0.4, -0.2) is 32.5 Å². The molecule has 4 aromatic rings. The van der Waals surface area contributed by atoms with Crippen LogP contribution < -0.4 is 4.90 Å². The first-order valence-electron chi connectivity index (χ1n) is 7.82. The Morgan fingerprint density at radius 1 is 1.04 bits per heavy atom. The molecule has 0 aliphatic rings. The third-order valence-corrected chi connectivity index (χ3v) is 3.97. The molecular formula is C19H15N5O. The topological polar surface area (TPSA) is 63.4 Å². The molecule has 0 unspecified atom stereocenters. The molecule has 3 aromatic heterocycles. The number of hydrogen-bond donors (Lipinski definition) is 0. The molecular weight excluding hydrogens is 314 g/mol. The van der Waals surface area contributed by atoms with E-state index in [1.54, 1.807) is 47.2 Å². The first-order chi connectivity index (χ1) is 12.2. The Kier molecular flexibility index (Phi) is 3.70. The molecule has 0 bridgehead atoms. The molecule has 0 N–H and O–H groups in total. The second kappa shape index (κ2) is 6.16. The van der Waals surface area contributed by atoms with Crippen LogP contribution in [0.25, 0.3) is 16.9 Å². The monoisotopic (exact) mass is 329 g/mol. The molecule has 0 saturated carbocycles. The zero-order valence-corrected chi connectivity index (χ0v) is 13.6. The van der Waals surface area contributed by atoms with Crippen molar-refractivity contribution in [2.45, 2.75) is 0 Å². The highest BCUT2D eigenvalue weighted by Gasteiger charge is 2.18. The van der Waals surface area contributed by atoms with Crippen LogP contribution in [0.5, 0.6) is 0 Å². The number of anilines is 1. The van der Waals surface area contributed by atoms with Gasteiger partial charge in [-0.2, -0.15) is 9.61 Å². The average Bonchev–Trinajstić information content (AvgIpc) is 3.16. The fourth-order valence-corrected chi connectivity index (χ4v) is 2.68. The summed E-state index contributed by atoms with van der Waals surface area (Å²) >= 11 is 0. The number of aromatic nitrogens is 4. The van der Waals surface area contributed by atoms with Crippen molar-refractivity contribution in [1.82, 2.24) is 19.6 Å². The number of amides is 1. The zero-order valence-electron chi connectivity index (χ0n) is 13.6. The highest BCUT2D eigenvalue weighted by molar-refractivity contribution is 6.05. The Morgan fingerprint density at radius 2 is 1.88 bits per heavy atom. The van der Waals surface area contributed by atoms with Crippen molar-refractivity contribution >= 4 is 17.4 Å². The average molecular weight is 329 g/mol. The predicted molar refractivity (Wildman–Crippen MR) is 95.4 cm³/mol. The van der Waals surface area contributed by atoms with Gasteiger partial charge in [-0.25, -0.2) is 4.98 Å². The summed E-state index contributed by atoms with van der Waals surface area (Å²) in [6.45, 7) is 0. The Balaban J connectivity index is 1.83. The van der Waals surface area contributed by atoms with E-state index in [-0.39, 0.29) is 5.91 Å². The lowest BCUT2D eigenvalue weighted by Crippen LogP contribution is -2.28. The molecule has 3 heterocycles. The highest BCUT2D eigenvalue weighted by Crippen LogP contribution is 2.24. The van der Waals surface area contributed by atoms with E-state index in [1.165, 1.54) is 0 Å². The smallest absolute Gasteiger partial charge is 0.260 e. The molecule has 4 rings (SSSR count). The van der Waals surface area contributed by atoms with E-state index >= 15 is 0 Å². The van der Waals surface area contributed by atoms with Crippen LogP contribution in [0.2, 0.25) is 0 Å². The summed E-state index contributed by atoms with van der Waals surface area (Å²) in [5.74, 6) is 0.484. The third kappa shape index (κ3) is 2.74. The van der Waals surface area contributed by atoms with Crippen molar-refractivity contribution in [1.29, 1.82) is 0 Å². The van der Waals surface area contributed by atoms with Crippen molar-refractivity contribution < 1.29 is 4.79 Å². The molecule has 0 radical (unpaired) electrons. The van der Waals surface area contributed by atoms with E-state index < -0.39 is 0 Å². The van der Waals surface area contributed by atoms with Crippen molar-refractivity contribution in [3.63, 3.8) is 0 Å². The molecule has 1 aromatic carbocycles. The summed E-state index contributed by atoms with van der Waals surface area (Å²) in [5, 5.41) is 4.30. The van der Waals surface area contributed by atoms with Crippen LogP contribution >= 0.6 is 0 Å². The maximum atomic E-state index is 12.8. The lowest BCUT2D eigenvalue weighted by atomic mass is 10.1. The third-order valence-electron chi connectivity index (χ3n) is 3.97. The summed E-state index contributed by atoms with van der Waals surface area (Å²) in [6, 6.07) is 17.0. The largest absolute Gasteiger partial charge is 0.296 e. The number of carbonyl (C=O) groups is 1. The number of fused-ring (bicyclic) bond motifs is 1. The number of pyridine rings is 1. The molecule has 6 heteroatoms. The van der Waals surface area contributed by atoms with Crippen molar-refractivity contribution in [3.8, 4) is 11.3 Å². The quantitative estimate of drug-likeness (QED) is 0.579. The van der Waals surface area contributed by atoms with Crippen LogP contribution in [0.4, 0.5) is 5.82 Å². The van der Waals surface area contributed by atoms with Gasteiger partial charge < -0.3 is 0 Å². The summed E-state index contributed by atoms with van der Waals surface area (Å²) in [4.78, 5) is 23.0. The fourth-order valence-electron chi connectivity index (χ4n) is 2.68. The molecule has 0 fully saturated rings. The number of nitrogens with zero attached hydrogens (tertiary/aromatic N) is 5. The molecule has 6 nitrogen and oxygen atoms in total. The molecule has 0 saturated heterocycles. The summed E-state index contributed by atoms with van der Waals surface area (Å²) in [7, 11) is 1.72. The number of hydrogen-bond acceptors (Lipinski definition) is 4. The predicted octanol–water partition coefficient (Wildman–Crippen LogP) is 3.07. The minimum atomic E-state index is -0.157. The van der Waals surface area contributed by atoms with Gasteiger partial charge in [-0.15, -0.1) is 0 Å². The Bertz CT molecular complexity index is 1030. The van der Waals surface area contributed by atoms with Gasteiger partial charge in [0.05, 0.1) is 17.5 Å². The van der Waals surface area contributed by atoms with Gasteiger partial charge in [-0.3, -0.25) is 14.7 Å². The number of carbonyl (C=O) groups excluding carboxylic acids is 1. The van der Waals surface area contributed by atoms with E-state index in [0.29, 0.717) is 17.0 Å². The first-order valence-corrected chi connectivity index (χ1v) is 7.82. The Hall–Kier alpha value is -3.54. The molecule has 25 heavy (non-hydrogen) atoms. The second-order valence-corrected chi connectivity index (χ2v) is 5.57. The SMILES string of the molecule is CN(C(=O)c1cccnc1)c1cc(-c2ccccc2)nc2ccnn12. The lowest BCUT2D eigenvalue weighted by molar-refractivity contribution is 0.0991. The van der Waals surface area contributed by atoms with Crippen LogP contribution in [0.3, 0.4) is 0 Å². The molecule has 122 valence electrons. The normalized spacial score (nSPS) is 10.8. The molecule has 0 aliphatic heterocycles. The Morgan fingerprint density at radius 3 is 2.64 bits per heavy atom. The van der Waals surface area contributed by atoms with E-state index in [4.69, 9.17) is 0 Å². The van der Waals surface area contributed by atoms with Crippen LogP contribution in [0.15, 0.2) is 73.2 Å². The molecule has 0 aliphatic carbocycles. The van der Waals surface area contributed by atoms with Gasteiger partial charge in [0.25, 0.3) is 5.91 Å². The summed E-state index contributed by atoms with van der Waals surface area (Å²) in [5.41, 5.74) is 2.97. The minimum absolute atomic E-state index is 0.157. The molecule has 1 amide bonds. The lowest BCUT2D eigenvalue weighted by Gasteiger charge is -2.19. The van der Waals surface area contributed by atoms with Gasteiger partial charge in [0, 0.05) is 37.1 Å². The minimum Gasteiger partial charge on any atom is -0.296 e. The van der Waals surface area contributed by atoms with Gasteiger partial charge in [0.2, 0.25) is 0 Å². The van der Waals surface area contributed by atoms with Gasteiger partial charge in [-0.1, -0.05) is 30.3 Å². The fraction of sp³-hybridized carbons (Fsp3) is 0.0526. The highest BCUT2D eigenvalue weighted by atomic mass is 16.2. The van der Waals surface area contributed by atoms with E-state index in [1.807, 2.05) is 42.5 Å². The number of rotatable bonds is 3.